The quantitative estimate of drug-likeness (QED) is 0.791. The van der Waals surface area contributed by atoms with Gasteiger partial charge in [0.1, 0.15) is 12.1 Å². The van der Waals surface area contributed by atoms with E-state index in [1.807, 2.05) is 13.8 Å². The number of carboxylic acids is 1. The average Bonchev–Trinajstić information content (AvgIpc) is 2.84. The smallest absolute Gasteiger partial charge is 0.326 e. The Labute approximate surface area is 119 Å². The monoisotopic (exact) mass is 284 g/mol. The number of amides is 1. The van der Waals surface area contributed by atoms with Gasteiger partial charge in [-0.1, -0.05) is 13.8 Å². The van der Waals surface area contributed by atoms with Crippen LogP contribution in [0.2, 0.25) is 0 Å². The minimum atomic E-state index is -0.934. The van der Waals surface area contributed by atoms with Gasteiger partial charge >= 0.3 is 5.97 Å². The predicted octanol–water partition coefficient (Wildman–Crippen LogP) is 0.595. The number of rotatable bonds is 3. The molecule has 2 saturated heterocycles. The highest BCUT2D eigenvalue weighted by Gasteiger charge is 2.46. The lowest BCUT2D eigenvalue weighted by molar-refractivity contribution is -0.164. The first-order valence-corrected chi connectivity index (χ1v) is 7.25. The van der Waals surface area contributed by atoms with Crippen molar-refractivity contribution in [2.24, 2.45) is 11.1 Å². The Bertz CT molecular complexity index is 397. The van der Waals surface area contributed by atoms with Gasteiger partial charge in [0.2, 0.25) is 0 Å². The number of nitrogens with zero attached hydrogens (tertiary/aromatic N) is 1. The molecule has 0 spiro atoms. The number of piperidine rings is 1. The van der Waals surface area contributed by atoms with Crippen LogP contribution in [0.3, 0.4) is 0 Å². The van der Waals surface area contributed by atoms with Crippen LogP contribution >= 0.6 is 0 Å². The van der Waals surface area contributed by atoms with Gasteiger partial charge in [0.25, 0.3) is 5.91 Å². The van der Waals surface area contributed by atoms with Crippen LogP contribution in [-0.2, 0) is 14.3 Å². The number of ether oxygens (including phenoxy) is 1. The van der Waals surface area contributed by atoms with Crippen LogP contribution in [0.5, 0.6) is 0 Å². The lowest BCUT2D eigenvalue weighted by Gasteiger charge is -2.44. The summed E-state index contributed by atoms with van der Waals surface area (Å²) in [7, 11) is 0. The summed E-state index contributed by atoms with van der Waals surface area (Å²) in [6, 6.07) is -0.774. The summed E-state index contributed by atoms with van der Waals surface area (Å²) in [6.07, 6.45) is 2.43. The predicted molar refractivity (Wildman–Crippen MR) is 73.1 cm³/mol. The van der Waals surface area contributed by atoms with Crippen molar-refractivity contribution in [3.8, 4) is 0 Å². The molecule has 0 saturated carbocycles. The molecule has 6 nitrogen and oxygen atoms in total. The van der Waals surface area contributed by atoms with E-state index in [1.54, 1.807) is 0 Å². The van der Waals surface area contributed by atoms with Gasteiger partial charge in [0, 0.05) is 13.1 Å². The Balaban J connectivity index is 2.13. The van der Waals surface area contributed by atoms with Crippen LogP contribution in [0.15, 0.2) is 0 Å². The molecule has 2 fully saturated rings. The molecule has 3 atom stereocenters. The molecule has 0 aromatic carbocycles. The van der Waals surface area contributed by atoms with Gasteiger partial charge < -0.3 is 20.5 Å². The largest absolute Gasteiger partial charge is 0.480 e. The van der Waals surface area contributed by atoms with Crippen LogP contribution in [0.25, 0.3) is 0 Å². The van der Waals surface area contributed by atoms with E-state index in [-0.39, 0.29) is 12.0 Å². The van der Waals surface area contributed by atoms with Crippen molar-refractivity contribution < 1.29 is 19.4 Å². The standard InChI is InChI=1S/C14H24N2O4/c1-14(2)6-3-7-16(11(14)13(18)19)12(17)10-5-4-9(8-15)20-10/h9-11H,3-8,15H2,1-2H3,(H,18,19). The maximum atomic E-state index is 12.6. The van der Waals surface area contributed by atoms with E-state index in [2.05, 4.69) is 0 Å². The Morgan fingerprint density at radius 2 is 2.10 bits per heavy atom. The summed E-state index contributed by atoms with van der Waals surface area (Å²) in [4.78, 5) is 25.6. The van der Waals surface area contributed by atoms with E-state index < -0.39 is 23.5 Å². The van der Waals surface area contributed by atoms with Crippen LogP contribution in [0.1, 0.15) is 39.5 Å². The third-order valence-electron chi connectivity index (χ3n) is 4.43. The Morgan fingerprint density at radius 1 is 1.40 bits per heavy atom. The Kier molecular flexibility index (Phi) is 4.34. The second-order valence-corrected chi connectivity index (χ2v) is 6.42. The number of likely N-dealkylation sites (tertiary alicyclic amines) is 1. The SMILES string of the molecule is CC1(C)CCCN(C(=O)C2CCC(CN)O2)C1C(=O)O. The summed E-state index contributed by atoms with van der Waals surface area (Å²) in [5.74, 6) is -1.13. The molecule has 3 unspecified atom stereocenters. The van der Waals surface area contributed by atoms with Crippen LogP contribution in [0, 0.1) is 5.41 Å². The van der Waals surface area contributed by atoms with Gasteiger partial charge in [-0.15, -0.1) is 0 Å². The molecular formula is C14H24N2O4. The topological polar surface area (TPSA) is 92.9 Å². The molecule has 0 aliphatic carbocycles. The molecule has 0 aromatic rings. The molecule has 1 amide bonds. The first kappa shape index (κ1) is 15.3. The maximum Gasteiger partial charge on any atom is 0.326 e. The second-order valence-electron chi connectivity index (χ2n) is 6.42. The Morgan fingerprint density at radius 3 is 2.65 bits per heavy atom. The summed E-state index contributed by atoms with van der Waals surface area (Å²) in [5.41, 5.74) is 5.14. The molecule has 2 rings (SSSR count). The zero-order valence-corrected chi connectivity index (χ0v) is 12.2. The van der Waals surface area contributed by atoms with Crippen molar-refractivity contribution in [3.05, 3.63) is 0 Å². The third kappa shape index (κ3) is 2.81. The molecule has 2 aliphatic heterocycles. The fourth-order valence-corrected chi connectivity index (χ4v) is 3.34. The molecule has 3 N–H and O–H groups in total. The average molecular weight is 284 g/mol. The summed E-state index contributed by atoms with van der Waals surface area (Å²) in [5, 5.41) is 9.48. The lowest BCUT2D eigenvalue weighted by Crippen LogP contribution is -2.58. The van der Waals surface area contributed by atoms with Gasteiger partial charge in [-0.3, -0.25) is 4.79 Å². The zero-order valence-electron chi connectivity index (χ0n) is 12.2. The third-order valence-corrected chi connectivity index (χ3v) is 4.43. The minimum absolute atomic E-state index is 0.0787. The lowest BCUT2D eigenvalue weighted by atomic mass is 9.76. The fraction of sp³-hybridized carbons (Fsp3) is 0.857. The van der Waals surface area contributed by atoms with Gasteiger partial charge in [0.15, 0.2) is 0 Å². The highest BCUT2D eigenvalue weighted by atomic mass is 16.5. The number of carbonyl (C=O) groups excluding carboxylic acids is 1. The highest BCUT2D eigenvalue weighted by molar-refractivity contribution is 5.87. The summed E-state index contributed by atoms with van der Waals surface area (Å²) in [6.45, 7) is 4.71. The second kappa shape index (κ2) is 5.69. The van der Waals surface area contributed by atoms with Crippen LogP contribution in [-0.4, -0.2) is 53.2 Å². The van der Waals surface area contributed by atoms with E-state index >= 15 is 0 Å². The van der Waals surface area contributed by atoms with Crippen LogP contribution < -0.4 is 5.73 Å². The number of aliphatic carboxylic acids is 1. The first-order chi connectivity index (χ1) is 9.36. The summed E-state index contributed by atoms with van der Waals surface area (Å²) < 4.78 is 5.61. The summed E-state index contributed by atoms with van der Waals surface area (Å²) >= 11 is 0. The van der Waals surface area contributed by atoms with Gasteiger partial charge in [-0.25, -0.2) is 4.79 Å². The Hall–Kier alpha value is -1.14. The fourth-order valence-electron chi connectivity index (χ4n) is 3.34. The van der Waals surface area contributed by atoms with Crippen molar-refractivity contribution in [1.29, 1.82) is 0 Å². The normalized spacial score (nSPS) is 33.1. The molecule has 6 heteroatoms. The number of carboxylic acid groups (broad SMARTS) is 1. The van der Waals surface area contributed by atoms with Crippen molar-refractivity contribution in [2.75, 3.05) is 13.1 Å². The molecule has 20 heavy (non-hydrogen) atoms. The van der Waals surface area contributed by atoms with Gasteiger partial charge in [-0.05, 0) is 31.1 Å². The molecule has 2 aliphatic rings. The molecule has 2 heterocycles. The number of nitrogens with two attached hydrogens (primary N) is 1. The van der Waals surface area contributed by atoms with Crippen molar-refractivity contribution in [1.82, 2.24) is 4.90 Å². The van der Waals surface area contributed by atoms with E-state index in [1.165, 1.54) is 4.90 Å². The number of carbonyl (C=O) groups is 2. The number of hydrogen-bond acceptors (Lipinski definition) is 4. The van der Waals surface area contributed by atoms with Crippen molar-refractivity contribution in [3.63, 3.8) is 0 Å². The minimum Gasteiger partial charge on any atom is -0.480 e. The molecule has 114 valence electrons. The number of hydrogen-bond donors (Lipinski definition) is 2. The van der Waals surface area contributed by atoms with E-state index in [4.69, 9.17) is 10.5 Å². The van der Waals surface area contributed by atoms with E-state index in [0.29, 0.717) is 19.5 Å². The maximum absolute atomic E-state index is 12.6. The van der Waals surface area contributed by atoms with E-state index in [9.17, 15) is 14.7 Å². The van der Waals surface area contributed by atoms with E-state index in [0.717, 1.165) is 19.3 Å². The van der Waals surface area contributed by atoms with Gasteiger partial charge in [-0.2, -0.15) is 0 Å². The zero-order chi connectivity index (χ0) is 14.9. The molecular weight excluding hydrogens is 260 g/mol. The highest BCUT2D eigenvalue weighted by Crippen LogP contribution is 2.36. The molecule has 0 bridgehead atoms. The first-order valence-electron chi connectivity index (χ1n) is 7.25. The van der Waals surface area contributed by atoms with Crippen molar-refractivity contribution >= 4 is 11.9 Å². The van der Waals surface area contributed by atoms with Gasteiger partial charge in [0.05, 0.1) is 6.10 Å². The molecule has 0 aromatic heterocycles. The van der Waals surface area contributed by atoms with Crippen LogP contribution in [0.4, 0.5) is 0 Å². The molecule has 0 radical (unpaired) electrons. The van der Waals surface area contributed by atoms with Crippen molar-refractivity contribution in [2.45, 2.75) is 57.8 Å².